The van der Waals surface area contributed by atoms with Crippen LogP contribution in [0.25, 0.3) is 0 Å². The summed E-state index contributed by atoms with van der Waals surface area (Å²) in [6, 6.07) is 32.2. The number of thioether (sulfide) groups is 1. The van der Waals surface area contributed by atoms with Crippen LogP contribution in [-0.2, 0) is 4.75 Å². The molecule has 0 bridgehead atoms. The molecule has 0 heterocycles. The van der Waals surface area contributed by atoms with Crippen molar-refractivity contribution in [2.75, 3.05) is 6.26 Å². The van der Waals surface area contributed by atoms with Gasteiger partial charge in [0.2, 0.25) is 0 Å². The van der Waals surface area contributed by atoms with Crippen LogP contribution < -0.4 is 0 Å². The second-order valence-electron chi connectivity index (χ2n) is 4.98. The van der Waals surface area contributed by atoms with E-state index in [2.05, 4.69) is 97.3 Å². The minimum absolute atomic E-state index is 0.163. The third kappa shape index (κ3) is 3.51. The third-order valence-electron chi connectivity index (χ3n) is 3.85. The molecule has 0 nitrogen and oxygen atoms in total. The predicted molar refractivity (Wildman–Crippen MR) is 104 cm³/mol. The van der Waals surface area contributed by atoms with Gasteiger partial charge in [-0.2, -0.15) is 0 Å². The van der Waals surface area contributed by atoms with Crippen molar-refractivity contribution >= 4 is 11.8 Å². The van der Waals surface area contributed by atoms with Crippen molar-refractivity contribution in [1.82, 2.24) is 0 Å². The summed E-state index contributed by atoms with van der Waals surface area (Å²) < 4.78 is -0.163. The van der Waals surface area contributed by atoms with Crippen molar-refractivity contribution in [3.8, 4) is 0 Å². The summed E-state index contributed by atoms with van der Waals surface area (Å²) >= 11 is 1.88. The average Bonchev–Trinajstić information content (AvgIpc) is 2.67. The zero-order valence-electron chi connectivity index (χ0n) is 14.1. The molecule has 0 unspecified atom stereocenters. The normalized spacial score (nSPS) is 10.6. The molecule has 0 atom stereocenters. The summed E-state index contributed by atoms with van der Waals surface area (Å²) in [7, 11) is 0. The molecule has 0 aromatic heterocycles. The Morgan fingerprint density at radius 3 is 1.00 bits per heavy atom. The fourth-order valence-corrected chi connectivity index (χ4v) is 3.99. The standard InChI is InChI=1S/C20H18S.C2H6/c1-21-20(17-11-5-2-6-12-17,18-13-7-3-8-14-18)19-15-9-4-10-16-19;1-2/h2-16H,1H3;1-2H3. The second kappa shape index (κ2) is 8.59. The lowest BCUT2D eigenvalue weighted by atomic mass is 9.84. The van der Waals surface area contributed by atoms with Gasteiger partial charge in [0.25, 0.3) is 0 Å². The fraction of sp³-hybridized carbons (Fsp3) is 0.182. The molecule has 0 amide bonds. The predicted octanol–water partition coefficient (Wildman–Crippen LogP) is 6.37. The van der Waals surface area contributed by atoms with Gasteiger partial charge in [-0.15, -0.1) is 11.8 Å². The van der Waals surface area contributed by atoms with E-state index in [1.165, 1.54) is 16.7 Å². The third-order valence-corrected chi connectivity index (χ3v) is 5.17. The van der Waals surface area contributed by atoms with E-state index in [9.17, 15) is 0 Å². The van der Waals surface area contributed by atoms with Gasteiger partial charge in [0.15, 0.2) is 0 Å². The molecular weight excluding hydrogens is 296 g/mol. The Morgan fingerprint density at radius 2 is 0.783 bits per heavy atom. The van der Waals surface area contributed by atoms with E-state index in [1.807, 2.05) is 25.6 Å². The Labute approximate surface area is 144 Å². The Bertz CT molecular complexity index is 578. The van der Waals surface area contributed by atoms with Crippen molar-refractivity contribution in [3.63, 3.8) is 0 Å². The van der Waals surface area contributed by atoms with Gasteiger partial charge in [-0.05, 0) is 22.9 Å². The summed E-state index contributed by atoms with van der Waals surface area (Å²) in [6.45, 7) is 4.00. The van der Waals surface area contributed by atoms with Gasteiger partial charge in [-0.25, -0.2) is 0 Å². The molecule has 0 aliphatic heterocycles. The van der Waals surface area contributed by atoms with Crippen molar-refractivity contribution in [3.05, 3.63) is 108 Å². The average molecular weight is 321 g/mol. The van der Waals surface area contributed by atoms with Gasteiger partial charge in [0.1, 0.15) is 0 Å². The lowest BCUT2D eigenvalue weighted by Crippen LogP contribution is -2.24. The zero-order chi connectivity index (χ0) is 16.5. The van der Waals surface area contributed by atoms with E-state index in [0.29, 0.717) is 0 Å². The molecule has 0 N–H and O–H groups in total. The molecule has 0 aliphatic carbocycles. The van der Waals surface area contributed by atoms with Crippen LogP contribution in [0.3, 0.4) is 0 Å². The van der Waals surface area contributed by atoms with Gasteiger partial charge in [-0.3, -0.25) is 0 Å². The van der Waals surface area contributed by atoms with Crippen LogP contribution in [0.4, 0.5) is 0 Å². The van der Waals surface area contributed by atoms with E-state index < -0.39 is 0 Å². The molecular formula is C22H24S. The summed E-state index contributed by atoms with van der Waals surface area (Å²) in [5.74, 6) is 0. The lowest BCUT2D eigenvalue weighted by Gasteiger charge is -2.34. The first kappa shape index (κ1) is 17.4. The molecule has 0 fully saturated rings. The van der Waals surface area contributed by atoms with Crippen molar-refractivity contribution in [2.45, 2.75) is 18.6 Å². The zero-order valence-corrected chi connectivity index (χ0v) is 14.9. The number of hydrogen-bond donors (Lipinski definition) is 0. The molecule has 118 valence electrons. The van der Waals surface area contributed by atoms with Gasteiger partial charge in [-0.1, -0.05) is 105 Å². The lowest BCUT2D eigenvalue weighted by molar-refractivity contribution is 0.898. The highest BCUT2D eigenvalue weighted by Crippen LogP contribution is 2.46. The molecule has 3 aromatic carbocycles. The molecule has 0 saturated heterocycles. The van der Waals surface area contributed by atoms with Crippen LogP contribution in [0.1, 0.15) is 30.5 Å². The Balaban J connectivity index is 0.000000924. The number of benzene rings is 3. The van der Waals surface area contributed by atoms with Gasteiger partial charge >= 0.3 is 0 Å². The van der Waals surface area contributed by atoms with Crippen molar-refractivity contribution in [1.29, 1.82) is 0 Å². The Hall–Kier alpha value is -1.99. The van der Waals surface area contributed by atoms with Crippen molar-refractivity contribution in [2.24, 2.45) is 0 Å². The first-order chi connectivity index (χ1) is 11.4. The number of rotatable bonds is 4. The topological polar surface area (TPSA) is 0 Å². The van der Waals surface area contributed by atoms with Crippen LogP contribution in [0.15, 0.2) is 91.0 Å². The van der Waals surface area contributed by atoms with Crippen LogP contribution >= 0.6 is 11.8 Å². The van der Waals surface area contributed by atoms with Crippen LogP contribution in [0.2, 0.25) is 0 Å². The smallest absolute Gasteiger partial charge is 0.0904 e. The van der Waals surface area contributed by atoms with E-state index in [-0.39, 0.29) is 4.75 Å². The van der Waals surface area contributed by atoms with Gasteiger partial charge < -0.3 is 0 Å². The summed E-state index contributed by atoms with van der Waals surface area (Å²) in [6.07, 6.45) is 2.19. The molecule has 0 saturated carbocycles. The molecule has 23 heavy (non-hydrogen) atoms. The van der Waals surface area contributed by atoms with Crippen LogP contribution in [0, 0.1) is 0 Å². The maximum Gasteiger partial charge on any atom is 0.0904 e. The first-order valence-electron chi connectivity index (χ1n) is 8.09. The molecule has 3 aromatic rings. The van der Waals surface area contributed by atoms with Crippen molar-refractivity contribution < 1.29 is 0 Å². The van der Waals surface area contributed by atoms with E-state index >= 15 is 0 Å². The highest BCUT2D eigenvalue weighted by Gasteiger charge is 2.35. The molecule has 0 radical (unpaired) electrons. The van der Waals surface area contributed by atoms with Gasteiger partial charge in [0.05, 0.1) is 4.75 Å². The van der Waals surface area contributed by atoms with Crippen LogP contribution in [0.5, 0.6) is 0 Å². The molecule has 1 heteroatoms. The quantitative estimate of drug-likeness (QED) is 0.503. The maximum atomic E-state index is 2.22. The highest BCUT2D eigenvalue weighted by molar-refractivity contribution is 8.00. The summed E-state index contributed by atoms with van der Waals surface area (Å²) in [5.41, 5.74) is 3.94. The Kier molecular flexibility index (Phi) is 6.49. The number of hydrogen-bond acceptors (Lipinski definition) is 1. The Morgan fingerprint density at radius 1 is 0.522 bits per heavy atom. The first-order valence-corrected chi connectivity index (χ1v) is 9.32. The summed E-state index contributed by atoms with van der Waals surface area (Å²) in [4.78, 5) is 0. The largest absolute Gasteiger partial charge is 0.144 e. The molecule has 0 spiro atoms. The van der Waals surface area contributed by atoms with E-state index in [4.69, 9.17) is 0 Å². The molecule has 3 rings (SSSR count). The maximum absolute atomic E-state index is 2.22. The van der Waals surface area contributed by atoms with Gasteiger partial charge in [0, 0.05) is 0 Å². The summed E-state index contributed by atoms with van der Waals surface area (Å²) in [5, 5.41) is 0. The van der Waals surface area contributed by atoms with E-state index in [1.54, 1.807) is 0 Å². The highest BCUT2D eigenvalue weighted by atomic mass is 32.2. The second-order valence-corrected chi connectivity index (χ2v) is 6.00. The minimum atomic E-state index is -0.163. The van der Waals surface area contributed by atoms with E-state index in [0.717, 1.165) is 0 Å². The molecule has 0 aliphatic rings. The minimum Gasteiger partial charge on any atom is -0.144 e. The fourth-order valence-electron chi connectivity index (χ4n) is 2.87. The SMILES string of the molecule is CC.CSC(c1ccccc1)(c1ccccc1)c1ccccc1. The monoisotopic (exact) mass is 320 g/mol. The van der Waals surface area contributed by atoms with Crippen LogP contribution in [-0.4, -0.2) is 6.26 Å².